The van der Waals surface area contributed by atoms with Gasteiger partial charge in [-0.3, -0.25) is 9.69 Å². The van der Waals surface area contributed by atoms with Crippen LogP contribution in [-0.4, -0.2) is 42.5 Å². The molecule has 27 heavy (non-hydrogen) atoms. The molecule has 140 valence electrons. The molecule has 1 saturated heterocycles. The van der Waals surface area contributed by atoms with Crippen LogP contribution >= 0.6 is 24.0 Å². The molecule has 1 aliphatic rings. The zero-order valence-electron chi connectivity index (χ0n) is 15.0. The summed E-state index contributed by atoms with van der Waals surface area (Å²) < 4.78 is 16.8. The van der Waals surface area contributed by atoms with Gasteiger partial charge in [0.1, 0.15) is 28.2 Å². The largest absolute Gasteiger partial charge is 0.497 e. The number of nitrogens with zero attached hydrogens (tertiary/aromatic N) is 1. The van der Waals surface area contributed by atoms with Crippen molar-refractivity contribution in [2.75, 3.05) is 27.4 Å². The predicted molar refractivity (Wildman–Crippen MR) is 111 cm³/mol. The van der Waals surface area contributed by atoms with Crippen LogP contribution in [-0.2, 0) is 4.79 Å². The van der Waals surface area contributed by atoms with Crippen LogP contribution in [0.2, 0.25) is 0 Å². The Bertz CT molecular complexity index is 868. The molecule has 0 unspecified atom stereocenters. The maximum absolute atomic E-state index is 12.7. The molecule has 1 fully saturated rings. The van der Waals surface area contributed by atoms with Gasteiger partial charge in [0.15, 0.2) is 0 Å². The van der Waals surface area contributed by atoms with Crippen LogP contribution in [0.1, 0.15) is 5.56 Å². The molecule has 2 aromatic carbocycles. The minimum atomic E-state index is -0.133. The molecule has 1 heterocycles. The molecule has 7 heteroatoms. The first-order valence-corrected chi connectivity index (χ1v) is 9.50. The minimum Gasteiger partial charge on any atom is -0.497 e. The van der Waals surface area contributed by atoms with Crippen LogP contribution in [0.3, 0.4) is 0 Å². The van der Waals surface area contributed by atoms with Crippen molar-refractivity contribution < 1.29 is 19.0 Å². The second-order valence-corrected chi connectivity index (χ2v) is 7.28. The van der Waals surface area contributed by atoms with Crippen LogP contribution in [0.5, 0.6) is 17.2 Å². The monoisotopic (exact) mass is 401 g/mol. The molecule has 5 nitrogen and oxygen atoms in total. The van der Waals surface area contributed by atoms with E-state index in [1.54, 1.807) is 31.3 Å². The first-order chi connectivity index (χ1) is 13.1. The molecule has 1 amide bonds. The van der Waals surface area contributed by atoms with Gasteiger partial charge in [0.05, 0.1) is 25.7 Å². The van der Waals surface area contributed by atoms with Crippen LogP contribution in [0.4, 0.5) is 0 Å². The van der Waals surface area contributed by atoms with E-state index < -0.39 is 0 Å². The third kappa shape index (κ3) is 4.61. The van der Waals surface area contributed by atoms with Gasteiger partial charge in [-0.1, -0.05) is 42.2 Å². The lowest BCUT2D eigenvalue weighted by Crippen LogP contribution is -2.32. The Morgan fingerprint density at radius 2 is 1.85 bits per heavy atom. The number of methoxy groups -OCH3 is 2. The highest BCUT2D eigenvalue weighted by Gasteiger charge is 2.32. The van der Waals surface area contributed by atoms with Gasteiger partial charge in [0.2, 0.25) is 0 Å². The molecule has 0 spiro atoms. The number of hydrogen-bond donors (Lipinski definition) is 0. The number of rotatable bonds is 7. The molecule has 2 aromatic rings. The summed E-state index contributed by atoms with van der Waals surface area (Å²) in [4.78, 5) is 14.8. The smallest absolute Gasteiger partial charge is 0.266 e. The minimum absolute atomic E-state index is 0.133. The average Bonchev–Trinajstić information content (AvgIpc) is 2.96. The SMILES string of the molecule is COc1ccc(OC)c(/C=C2\SC(=S)N(CCOc3ccccc3)C2=O)c1. The van der Waals surface area contributed by atoms with Crippen LogP contribution in [0.25, 0.3) is 6.08 Å². The van der Waals surface area contributed by atoms with Gasteiger partial charge in [0.25, 0.3) is 5.91 Å². The topological polar surface area (TPSA) is 48.0 Å². The molecule has 0 aliphatic carbocycles. The number of thioether (sulfide) groups is 1. The predicted octanol–water partition coefficient (Wildman–Crippen LogP) is 3.98. The Morgan fingerprint density at radius 3 is 2.56 bits per heavy atom. The molecular weight excluding hydrogens is 382 g/mol. The number of benzene rings is 2. The standard InChI is InChI=1S/C20H19NO4S2/c1-23-16-8-9-17(24-2)14(12-16)13-18-19(22)21(20(26)27-18)10-11-25-15-6-4-3-5-7-15/h3-9,12-13H,10-11H2,1-2H3/b18-13-. The van der Waals surface area contributed by atoms with Crippen molar-refractivity contribution in [3.8, 4) is 17.2 Å². The fourth-order valence-electron chi connectivity index (χ4n) is 2.56. The molecule has 1 aliphatic heterocycles. The highest BCUT2D eigenvalue weighted by Crippen LogP contribution is 2.35. The van der Waals surface area contributed by atoms with E-state index >= 15 is 0 Å². The number of para-hydroxylation sites is 1. The second-order valence-electron chi connectivity index (χ2n) is 5.60. The van der Waals surface area contributed by atoms with Gasteiger partial charge >= 0.3 is 0 Å². The molecule has 0 saturated carbocycles. The van der Waals surface area contributed by atoms with Crippen LogP contribution in [0, 0.1) is 0 Å². The molecular formula is C20H19NO4S2. The van der Waals surface area contributed by atoms with Crippen LogP contribution < -0.4 is 14.2 Å². The van der Waals surface area contributed by atoms with E-state index in [0.29, 0.717) is 33.9 Å². The summed E-state index contributed by atoms with van der Waals surface area (Å²) >= 11 is 6.64. The van der Waals surface area contributed by atoms with E-state index in [0.717, 1.165) is 11.3 Å². The Morgan fingerprint density at radius 1 is 1.07 bits per heavy atom. The van der Waals surface area contributed by atoms with Crippen molar-refractivity contribution in [2.45, 2.75) is 0 Å². The number of ether oxygens (including phenoxy) is 3. The van der Waals surface area contributed by atoms with Crippen molar-refractivity contribution in [3.05, 3.63) is 59.0 Å². The zero-order valence-corrected chi connectivity index (χ0v) is 16.6. The van der Waals surface area contributed by atoms with E-state index in [-0.39, 0.29) is 5.91 Å². The summed E-state index contributed by atoms with van der Waals surface area (Å²) in [5, 5.41) is 0. The number of thiocarbonyl (C=S) groups is 1. The Balaban J connectivity index is 1.71. The average molecular weight is 402 g/mol. The van der Waals surface area contributed by atoms with E-state index in [1.165, 1.54) is 11.8 Å². The number of carbonyl (C=O) groups excluding carboxylic acids is 1. The van der Waals surface area contributed by atoms with Crippen molar-refractivity contribution >= 4 is 40.3 Å². The summed E-state index contributed by atoms with van der Waals surface area (Å²) in [6.07, 6.45) is 1.78. The van der Waals surface area contributed by atoms with Gasteiger partial charge in [-0.25, -0.2) is 0 Å². The Kier molecular flexibility index (Phi) is 6.36. The molecule has 0 N–H and O–H groups in total. The second kappa shape index (κ2) is 8.92. The maximum Gasteiger partial charge on any atom is 0.266 e. The molecule has 0 aromatic heterocycles. The van der Waals surface area contributed by atoms with Gasteiger partial charge in [-0.05, 0) is 36.4 Å². The quantitative estimate of drug-likeness (QED) is 0.517. The fourth-order valence-corrected chi connectivity index (χ4v) is 3.86. The van der Waals surface area contributed by atoms with Gasteiger partial charge in [-0.15, -0.1) is 0 Å². The van der Waals surface area contributed by atoms with E-state index in [9.17, 15) is 4.79 Å². The lowest BCUT2D eigenvalue weighted by atomic mass is 10.1. The van der Waals surface area contributed by atoms with Crippen LogP contribution in [0.15, 0.2) is 53.4 Å². The summed E-state index contributed by atoms with van der Waals surface area (Å²) in [6, 6.07) is 14.9. The van der Waals surface area contributed by atoms with E-state index in [2.05, 4.69) is 0 Å². The van der Waals surface area contributed by atoms with Gasteiger partial charge in [0, 0.05) is 5.56 Å². The first-order valence-electron chi connectivity index (χ1n) is 8.27. The number of hydrogen-bond acceptors (Lipinski definition) is 6. The Hall–Kier alpha value is -2.51. The number of amides is 1. The van der Waals surface area contributed by atoms with Crippen molar-refractivity contribution in [1.29, 1.82) is 0 Å². The lowest BCUT2D eigenvalue weighted by molar-refractivity contribution is -0.122. The van der Waals surface area contributed by atoms with E-state index in [1.807, 2.05) is 42.5 Å². The third-order valence-electron chi connectivity index (χ3n) is 3.92. The van der Waals surface area contributed by atoms with Gasteiger partial charge in [-0.2, -0.15) is 0 Å². The fraction of sp³-hybridized carbons (Fsp3) is 0.200. The van der Waals surface area contributed by atoms with Crippen molar-refractivity contribution in [1.82, 2.24) is 4.90 Å². The van der Waals surface area contributed by atoms with Crippen molar-refractivity contribution in [3.63, 3.8) is 0 Å². The highest BCUT2D eigenvalue weighted by atomic mass is 32.2. The molecule has 0 atom stereocenters. The number of carbonyl (C=O) groups is 1. The molecule has 3 rings (SSSR count). The molecule has 0 bridgehead atoms. The highest BCUT2D eigenvalue weighted by molar-refractivity contribution is 8.26. The van der Waals surface area contributed by atoms with Crippen molar-refractivity contribution in [2.24, 2.45) is 0 Å². The summed E-state index contributed by atoms with van der Waals surface area (Å²) in [7, 11) is 3.18. The Labute approximate surface area is 167 Å². The molecule has 0 radical (unpaired) electrons. The normalized spacial score (nSPS) is 15.3. The summed E-state index contributed by atoms with van der Waals surface area (Å²) in [5.74, 6) is 1.98. The summed E-state index contributed by atoms with van der Waals surface area (Å²) in [6.45, 7) is 0.762. The maximum atomic E-state index is 12.7. The van der Waals surface area contributed by atoms with E-state index in [4.69, 9.17) is 26.4 Å². The third-order valence-corrected chi connectivity index (χ3v) is 5.30. The first kappa shape index (κ1) is 19.3. The zero-order chi connectivity index (χ0) is 19.2. The summed E-state index contributed by atoms with van der Waals surface area (Å²) in [5.41, 5.74) is 0.762. The lowest BCUT2D eigenvalue weighted by Gasteiger charge is -2.15. The van der Waals surface area contributed by atoms with Gasteiger partial charge < -0.3 is 14.2 Å².